The van der Waals surface area contributed by atoms with Crippen LogP contribution in [0, 0.1) is 11.8 Å². The van der Waals surface area contributed by atoms with Crippen molar-refractivity contribution in [3.63, 3.8) is 0 Å². The molecule has 1 aliphatic heterocycles. The second kappa shape index (κ2) is 7.88. The Hall–Kier alpha value is -0.570. The van der Waals surface area contributed by atoms with E-state index in [1.54, 1.807) is 0 Å². The van der Waals surface area contributed by atoms with Crippen molar-refractivity contribution in [3.05, 3.63) is 0 Å². The molecule has 0 aromatic heterocycles. The number of nitrogens with one attached hydrogen (secondary N) is 2. The lowest BCUT2D eigenvalue weighted by Gasteiger charge is -2.21. The third-order valence-corrected chi connectivity index (χ3v) is 4.79. The summed E-state index contributed by atoms with van der Waals surface area (Å²) < 4.78 is 0. The van der Waals surface area contributed by atoms with Crippen molar-refractivity contribution >= 4 is 5.91 Å². The van der Waals surface area contributed by atoms with Gasteiger partial charge in [0, 0.05) is 18.5 Å². The summed E-state index contributed by atoms with van der Waals surface area (Å²) in [4.78, 5) is 12.3. The molecule has 0 aromatic carbocycles. The molecule has 110 valence electrons. The van der Waals surface area contributed by atoms with E-state index in [2.05, 4.69) is 17.6 Å². The fourth-order valence-electron chi connectivity index (χ4n) is 3.65. The highest BCUT2D eigenvalue weighted by atomic mass is 16.1. The van der Waals surface area contributed by atoms with E-state index < -0.39 is 0 Å². The lowest BCUT2D eigenvalue weighted by Crippen LogP contribution is -2.40. The van der Waals surface area contributed by atoms with Gasteiger partial charge in [-0.05, 0) is 38.1 Å². The molecule has 0 bridgehead atoms. The summed E-state index contributed by atoms with van der Waals surface area (Å²) in [6.07, 6.45) is 11.2. The summed E-state index contributed by atoms with van der Waals surface area (Å²) in [5.74, 6) is 1.38. The van der Waals surface area contributed by atoms with Crippen LogP contribution in [0.15, 0.2) is 0 Å². The molecule has 0 aromatic rings. The number of rotatable bonds is 7. The molecule has 2 unspecified atom stereocenters. The van der Waals surface area contributed by atoms with Crippen LogP contribution in [0.3, 0.4) is 0 Å². The minimum atomic E-state index is 0.259. The molecule has 1 aliphatic carbocycles. The highest BCUT2D eigenvalue weighted by Crippen LogP contribution is 2.31. The van der Waals surface area contributed by atoms with E-state index in [0.29, 0.717) is 11.9 Å². The maximum atomic E-state index is 12.3. The molecule has 0 radical (unpaired) electrons. The average Bonchev–Trinajstić information content (AvgIpc) is 3.08. The van der Waals surface area contributed by atoms with Crippen LogP contribution in [-0.4, -0.2) is 25.0 Å². The van der Waals surface area contributed by atoms with E-state index in [0.717, 1.165) is 38.3 Å². The molecule has 1 saturated heterocycles. The summed E-state index contributed by atoms with van der Waals surface area (Å²) in [5, 5.41) is 6.62. The van der Waals surface area contributed by atoms with Crippen LogP contribution in [0.4, 0.5) is 0 Å². The topological polar surface area (TPSA) is 41.1 Å². The van der Waals surface area contributed by atoms with Crippen LogP contribution in [0.25, 0.3) is 0 Å². The maximum absolute atomic E-state index is 12.3. The van der Waals surface area contributed by atoms with Gasteiger partial charge in [-0.15, -0.1) is 0 Å². The molecule has 2 N–H and O–H groups in total. The Morgan fingerprint density at radius 1 is 1.26 bits per heavy atom. The van der Waals surface area contributed by atoms with Crippen LogP contribution in [0.2, 0.25) is 0 Å². The van der Waals surface area contributed by atoms with Gasteiger partial charge in [-0.2, -0.15) is 0 Å². The number of carbonyl (C=O) groups is 1. The third-order valence-electron chi connectivity index (χ3n) is 4.79. The van der Waals surface area contributed by atoms with E-state index in [1.807, 2.05) is 0 Å². The molecule has 1 amide bonds. The molecule has 19 heavy (non-hydrogen) atoms. The molecule has 2 fully saturated rings. The molecule has 2 aliphatic rings. The molecule has 3 nitrogen and oxygen atoms in total. The number of hydrogen-bond donors (Lipinski definition) is 2. The van der Waals surface area contributed by atoms with Crippen LogP contribution in [-0.2, 0) is 4.79 Å². The van der Waals surface area contributed by atoms with E-state index in [-0.39, 0.29) is 5.92 Å². The summed E-state index contributed by atoms with van der Waals surface area (Å²) >= 11 is 0. The SMILES string of the molecule is CCCC(CC1CCCC1)C(=O)NCC1CCCN1. The number of amides is 1. The van der Waals surface area contributed by atoms with Gasteiger partial charge in [0.15, 0.2) is 0 Å². The van der Waals surface area contributed by atoms with Gasteiger partial charge >= 0.3 is 0 Å². The molecular weight excluding hydrogens is 236 g/mol. The summed E-state index contributed by atoms with van der Waals surface area (Å²) in [7, 11) is 0. The monoisotopic (exact) mass is 266 g/mol. The van der Waals surface area contributed by atoms with Crippen molar-refractivity contribution in [1.82, 2.24) is 10.6 Å². The van der Waals surface area contributed by atoms with Crippen LogP contribution in [0.1, 0.15) is 64.7 Å². The van der Waals surface area contributed by atoms with Crippen molar-refractivity contribution in [1.29, 1.82) is 0 Å². The first-order valence-electron chi connectivity index (χ1n) is 8.30. The number of carbonyl (C=O) groups excluding carboxylic acids is 1. The zero-order chi connectivity index (χ0) is 13.5. The van der Waals surface area contributed by atoms with E-state index in [1.165, 1.54) is 38.5 Å². The zero-order valence-corrected chi connectivity index (χ0v) is 12.4. The zero-order valence-electron chi connectivity index (χ0n) is 12.4. The Morgan fingerprint density at radius 2 is 2.05 bits per heavy atom. The van der Waals surface area contributed by atoms with E-state index in [9.17, 15) is 4.79 Å². The van der Waals surface area contributed by atoms with Gasteiger partial charge in [0.25, 0.3) is 0 Å². The first-order chi connectivity index (χ1) is 9.29. The normalized spacial score (nSPS) is 25.6. The smallest absolute Gasteiger partial charge is 0.223 e. The van der Waals surface area contributed by atoms with Gasteiger partial charge in [-0.3, -0.25) is 4.79 Å². The first-order valence-corrected chi connectivity index (χ1v) is 8.30. The molecule has 3 heteroatoms. The lowest BCUT2D eigenvalue weighted by molar-refractivity contribution is -0.125. The Morgan fingerprint density at radius 3 is 2.68 bits per heavy atom. The van der Waals surface area contributed by atoms with Crippen LogP contribution in [0.5, 0.6) is 0 Å². The number of hydrogen-bond acceptors (Lipinski definition) is 2. The van der Waals surface area contributed by atoms with Crippen molar-refractivity contribution in [2.45, 2.75) is 70.8 Å². The predicted octanol–water partition coefficient (Wildman–Crippen LogP) is 2.85. The highest BCUT2D eigenvalue weighted by molar-refractivity contribution is 5.78. The Balaban J connectivity index is 1.73. The summed E-state index contributed by atoms with van der Waals surface area (Å²) in [6.45, 7) is 4.12. The second-order valence-electron chi connectivity index (χ2n) is 6.41. The second-order valence-corrected chi connectivity index (χ2v) is 6.41. The van der Waals surface area contributed by atoms with Crippen LogP contribution >= 0.6 is 0 Å². The third kappa shape index (κ3) is 4.79. The van der Waals surface area contributed by atoms with Crippen molar-refractivity contribution in [3.8, 4) is 0 Å². The molecule has 1 heterocycles. The van der Waals surface area contributed by atoms with Crippen LogP contribution < -0.4 is 10.6 Å². The lowest BCUT2D eigenvalue weighted by atomic mass is 9.89. The van der Waals surface area contributed by atoms with Gasteiger partial charge in [0.05, 0.1) is 0 Å². The predicted molar refractivity (Wildman–Crippen MR) is 79.0 cm³/mol. The fourth-order valence-corrected chi connectivity index (χ4v) is 3.65. The minimum Gasteiger partial charge on any atom is -0.354 e. The minimum absolute atomic E-state index is 0.259. The van der Waals surface area contributed by atoms with Gasteiger partial charge in [0.2, 0.25) is 5.91 Å². The average molecular weight is 266 g/mol. The quantitative estimate of drug-likeness (QED) is 0.744. The molecule has 2 atom stereocenters. The van der Waals surface area contributed by atoms with Crippen molar-refractivity contribution in [2.75, 3.05) is 13.1 Å². The van der Waals surface area contributed by atoms with Crippen molar-refractivity contribution < 1.29 is 4.79 Å². The van der Waals surface area contributed by atoms with Gasteiger partial charge in [-0.25, -0.2) is 0 Å². The summed E-state index contributed by atoms with van der Waals surface area (Å²) in [5.41, 5.74) is 0. The summed E-state index contributed by atoms with van der Waals surface area (Å²) in [6, 6.07) is 0.512. The van der Waals surface area contributed by atoms with E-state index >= 15 is 0 Å². The fraction of sp³-hybridized carbons (Fsp3) is 0.938. The standard InChI is InChI=1S/C16H30N2O/c1-2-6-14(11-13-7-3-4-8-13)16(19)18-12-15-9-5-10-17-15/h13-15,17H,2-12H2,1H3,(H,18,19). The Kier molecular flexibility index (Phi) is 6.15. The Labute approximate surface area is 117 Å². The highest BCUT2D eigenvalue weighted by Gasteiger charge is 2.25. The van der Waals surface area contributed by atoms with Gasteiger partial charge < -0.3 is 10.6 Å². The van der Waals surface area contributed by atoms with Crippen molar-refractivity contribution in [2.24, 2.45) is 11.8 Å². The van der Waals surface area contributed by atoms with Gasteiger partial charge in [0.1, 0.15) is 0 Å². The first kappa shape index (κ1) is 14.8. The molecule has 2 rings (SSSR count). The van der Waals surface area contributed by atoms with Gasteiger partial charge in [-0.1, -0.05) is 39.0 Å². The largest absolute Gasteiger partial charge is 0.354 e. The Bertz CT molecular complexity index is 268. The maximum Gasteiger partial charge on any atom is 0.223 e. The molecule has 0 spiro atoms. The molecule has 1 saturated carbocycles. The molecular formula is C16H30N2O. The van der Waals surface area contributed by atoms with E-state index in [4.69, 9.17) is 0 Å².